The standard InChI is InChI=1S/C14H11BrFNO4/c1-20-14-6-5-9(7-12(14)17(18)19)21-13-4-2-3-11(16)10(13)8-15/h2-7H,8H2,1H3. The van der Waals surface area contributed by atoms with Crippen molar-refractivity contribution in [1.82, 2.24) is 0 Å². The largest absolute Gasteiger partial charge is 0.490 e. The third kappa shape index (κ3) is 3.30. The molecule has 0 aliphatic rings. The van der Waals surface area contributed by atoms with Crippen molar-refractivity contribution >= 4 is 21.6 Å². The highest BCUT2D eigenvalue weighted by atomic mass is 79.9. The molecule has 0 saturated heterocycles. The Hall–Kier alpha value is -2.15. The van der Waals surface area contributed by atoms with E-state index in [2.05, 4.69) is 15.9 Å². The van der Waals surface area contributed by atoms with Gasteiger partial charge in [-0.2, -0.15) is 0 Å². The third-order valence-electron chi connectivity index (χ3n) is 2.78. The van der Waals surface area contributed by atoms with E-state index in [0.717, 1.165) is 0 Å². The fraction of sp³-hybridized carbons (Fsp3) is 0.143. The Bertz CT molecular complexity index is 678. The van der Waals surface area contributed by atoms with Crippen LogP contribution in [0.3, 0.4) is 0 Å². The number of alkyl halides is 1. The predicted molar refractivity (Wildman–Crippen MR) is 78.8 cm³/mol. The first-order valence-electron chi connectivity index (χ1n) is 5.90. The lowest BCUT2D eigenvalue weighted by molar-refractivity contribution is -0.385. The van der Waals surface area contributed by atoms with E-state index in [4.69, 9.17) is 9.47 Å². The number of nitrogens with zero attached hydrogens (tertiary/aromatic N) is 1. The maximum Gasteiger partial charge on any atom is 0.314 e. The lowest BCUT2D eigenvalue weighted by atomic mass is 10.2. The van der Waals surface area contributed by atoms with Crippen molar-refractivity contribution < 1.29 is 18.8 Å². The van der Waals surface area contributed by atoms with Gasteiger partial charge in [-0.3, -0.25) is 10.1 Å². The second-order valence-corrected chi connectivity index (χ2v) is 4.60. The van der Waals surface area contributed by atoms with Crippen LogP contribution < -0.4 is 9.47 Å². The number of methoxy groups -OCH3 is 1. The molecule has 0 saturated carbocycles. The van der Waals surface area contributed by atoms with Crippen LogP contribution in [0.1, 0.15) is 5.56 Å². The van der Waals surface area contributed by atoms with Crippen molar-refractivity contribution in [3.8, 4) is 17.2 Å². The minimum atomic E-state index is -0.567. The molecule has 0 aliphatic heterocycles. The van der Waals surface area contributed by atoms with Crippen LogP contribution in [0.4, 0.5) is 10.1 Å². The Balaban J connectivity index is 2.39. The molecular weight excluding hydrogens is 345 g/mol. The van der Waals surface area contributed by atoms with Crippen molar-refractivity contribution in [2.45, 2.75) is 5.33 Å². The average molecular weight is 356 g/mol. The molecule has 0 fully saturated rings. The Kier molecular flexibility index (Phi) is 4.74. The third-order valence-corrected chi connectivity index (χ3v) is 3.35. The molecule has 0 aliphatic carbocycles. The van der Waals surface area contributed by atoms with Crippen LogP contribution in [-0.4, -0.2) is 12.0 Å². The zero-order valence-corrected chi connectivity index (χ0v) is 12.6. The van der Waals surface area contributed by atoms with Gasteiger partial charge >= 0.3 is 5.69 Å². The van der Waals surface area contributed by atoms with Crippen LogP contribution in [0.5, 0.6) is 17.2 Å². The first-order valence-corrected chi connectivity index (χ1v) is 7.02. The highest BCUT2D eigenvalue weighted by Crippen LogP contribution is 2.34. The van der Waals surface area contributed by atoms with Crippen LogP contribution in [-0.2, 0) is 5.33 Å². The second kappa shape index (κ2) is 6.53. The summed E-state index contributed by atoms with van der Waals surface area (Å²) >= 11 is 3.18. The van der Waals surface area contributed by atoms with Crippen LogP contribution in [0, 0.1) is 15.9 Å². The molecule has 0 bridgehead atoms. The van der Waals surface area contributed by atoms with E-state index in [-0.39, 0.29) is 22.5 Å². The first kappa shape index (κ1) is 15.2. The molecule has 0 radical (unpaired) electrons. The quantitative estimate of drug-likeness (QED) is 0.452. The van der Waals surface area contributed by atoms with Gasteiger partial charge in [-0.05, 0) is 24.3 Å². The fourth-order valence-corrected chi connectivity index (χ4v) is 2.31. The van der Waals surface area contributed by atoms with Gasteiger partial charge in [-0.1, -0.05) is 22.0 Å². The second-order valence-electron chi connectivity index (χ2n) is 4.04. The molecule has 0 heterocycles. The molecule has 0 atom stereocenters. The maximum absolute atomic E-state index is 13.6. The van der Waals surface area contributed by atoms with Crippen molar-refractivity contribution in [1.29, 1.82) is 0 Å². The van der Waals surface area contributed by atoms with Crippen LogP contribution in [0.15, 0.2) is 36.4 Å². The van der Waals surface area contributed by atoms with Crippen molar-refractivity contribution in [3.63, 3.8) is 0 Å². The number of rotatable bonds is 5. The molecule has 0 spiro atoms. The number of nitro groups is 1. The normalized spacial score (nSPS) is 10.2. The fourth-order valence-electron chi connectivity index (χ4n) is 1.77. The zero-order valence-electron chi connectivity index (χ0n) is 11.0. The van der Waals surface area contributed by atoms with E-state index in [0.29, 0.717) is 11.3 Å². The average Bonchev–Trinajstić information content (AvgIpc) is 2.47. The number of ether oxygens (including phenoxy) is 2. The highest BCUT2D eigenvalue weighted by molar-refractivity contribution is 9.08. The summed E-state index contributed by atoms with van der Waals surface area (Å²) in [5.41, 5.74) is 0.128. The van der Waals surface area contributed by atoms with Gasteiger partial charge in [-0.25, -0.2) is 4.39 Å². The molecule has 7 heteroatoms. The minimum Gasteiger partial charge on any atom is -0.490 e. The highest BCUT2D eigenvalue weighted by Gasteiger charge is 2.17. The van der Waals surface area contributed by atoms with Crippen LogP contribution in [0.25, 0.3) is 0 Å². The summed E-state index contributed by atoms with van der Waals surface area (Å²) < 4.78 is 24.1. The topological polar surface area (TPSA) is 61.6 Å². The summed E-state index contributed by atoms with van der Waals surface area (Å²) in [6, 6.07) is 8.61. The van der Waals surface area contributed by atoms with E-state index in [9.17, 15) is 14.5 Å². The van der Waals surface area contributed by atoms with Gasteiger partial charge in [0.05, 0.1) is 18.1 Å². The van der Waals surface area contributed by atoms with E-state index in [1.807, 2.05) is 0 Å². The monoisotopic (exact) mass is 355 g/mol. The first-order chi connectivity index (χ1) is 10.1. The number of hydrogen-bond donors (Lipinski definition) is 0. The molecule has 0 unspecified atom stereocenters. The maximum atomic E-state index is 13.6. The molecule has 0 aromatic heterocycles. The van der Waals surface area contributed by atoms with E-state index >= 15 is 0 Å². The molecule has 110 valence electrons. The van der Waals surface area contributed by atoms with Crippen molar-refractivity contribution in [3.05, 3.63) is 57.9 Å². The molecule has 5 nitrogen and oxygen atoms in total. The Morgan fingerprint density at radius 1 is 1.29 bits per heavy atom. The van der Waals surface area contributed by atoms with Crippen molar-refractivity contribution in [2.75, 3.05) is 7.11 Å². The summed E-state index contributed by atoms with van der Waals surface area (Å²) in [5, 5.41) is 11.2. The van der Waals surface area contributed by atoms with Gasteiger partial charge in [0.15, 0.2) is 5.75 Å². The number of benzene rings is 2. The van der Waals surface area contributed by atoms with Crippen LogP contribution in [0.2, 0.25) is 0 Å². The summed E-state index contributed by atoms with van der Waals surface area (Å²) in [4.78, 5) is 10.4. The summed E-state index contributed by atoms with van der Waals surface area (Å²) in [6.45, 7) is 0. The SMILES string of the molecule is COc1ccc(Oc2cccc(F)c2CBr)cc1[N+](=O)[O-]. The van der Waals surface area contributed by atoms with Gasteiger partial charge in [-0.15, -0.1) is 0 Å². The summed E-state index contributed by atoms with van der Waals surface area (Å²) in [5.74, 6) is 0.251. The van der Waals surface area contributed by atoms with Gasteiger partial charge < -0.3 is 9.47 Å². The molecule has 2 rings (SSSR count). The van der Waals surface area contributed by atoms with E-state index < -0.39 is 10.7 Å². The molecule has 0 amide bonds. The molecule has 0 N–H and O–H groups in total. The molecule has 2 aromatic rings. The molecule has 21 heavy (non-hydrogen) atoms. The predicted octanol–water partition coefficient (Wildman–Crippen LogP) is 4.43. The van der Waals surface area contributed by atoms with Gasteiger partial charge in [0.2, 0.25) is 0 Å². The van der Waals surface area contributed by atoms with Crippen molar-refractivity contribution in [2.24, 2.45) is 0 Å². The lowest BCUT2D eigenvalue weighted by Gasteiger charge is -2.11. The minimum absolute atomic E-state index is 0.132. The number of hydrogen-bond acceptors (Lipinski definition) is 4. The van der Waals surface area contributed by atoms with E-state index in [1.54, 1.807) is 6.07 Å². The Morgan fingerprint density at radius 3 is 2.67 bits per heavy atom. The lowest BCUT2D eigenvalue weighted by Crippen LogP contribution is -1.96. The Morgan fingerprint density at radius 2 is 2.05 bits per heavy atom. The smallest absolute Gasteiger partial charge is 0.314 e. The molecular formula is C14H11BrFNO4. The zero-order chi connectivity index (χ0) is 15.4. The number of nitro benzene ring substituents is 1. The Labute approximate surface area is 128 Å². The van der Waals surface area contributed by atoms with E-state index in [1.165, 1.54) is 37.4 Å². The van der Waals surface area contributed by atoms with Gasteiger partial charge in [0.25, 0.3) is 0 Å². The van der Waals surface area contributed by atoms with Gasteiger partial charge in [0.1, 0.15) is 17.3 Å². The molecule has 2 aromatic carbocycles. The summed E-state index contributed by atoms with van der Waals surface area (Å²) in [6.07, 6.45) is 0. The van der Waals surface area contributed by atoms with Gasteiger partial charge in [0, 0.05) is 10.9 Å². The number of halogens is 2. The van der Waals surface area contributed by atoms with Crippen LogP contribution >= 0.6 is 15.9 Å². The summed E-state index contributed by atoms with van der Waals surface area (Å²) in [7, 11) is 1.35.